The molecule has 0 radical (unpaired) electrons. The monoisotopic (exact) mass is 656 g/mol. The molecule has 8 heteroatoms. The number of hydrogen-bond acceptors (Lipinski definition) is 6. The number of rotatable bonds is 15. The summed E-state index contributed by atoms with van der Waals surface area (Å²) in [6, 6.07) is 22.9. The third kappa shape index (κ3) is 9.55. The van der Waals surface area contributed by atoms with E-state index in [0.717, 1.165) is 43.2 Å². The molecule has 1 atom stereocenters. The molecular weight excluding hydrogens is 604 g/mol. The molecule has 258 valence electrons. The molecule has 0 fully saturated rings. The van der Waals surface area contributed by atoms with Crippen molar-refractivity contribution in [2.24, 2.45) is 0 Å². The summed E-state index contributed by atoms with van der Waals surface area (Å²) in [7, 11) is 2.74. The van der Waals surface area contributed by atoms with Crippen molar-refractivity contribution >= 4 is 23.6 Å². The summed E-state index contributed by atoms with van der Waals surface area (Å²) < 4.78 is 23.6. The normalized spacial score (nSPS) is 14.5. The van der Waals surface area contributed by atoms with E-state index in [1.807, 2.05) is 60.7 Å². The van der Waals surface area contributed by atoms with Crippen molar-refractivity contribution < 1.29 is 28.5 Å². The largest absolute Gasteiger partial charge is 0.472 e. The fraction of sp³-hybridized carbons (Fsp3) is 0.450. The second kappa shape index (κ2) is 17.6. The lowest BCUT2D eigenvalue weighted by Crippen LogP contribution is -2.35. The molecule has 0 N–H and O–H groups in total. The maximum Gasteiger partial charge on any atom is 0.416 e. The lowest BCUT2D eigenvalue weighted by Gasteiger charge is -2.31. The number of benzene rings is 3. The van der Waals surface area contributed by atoms with Crippen molar-refractivity contribution in [2.75, 3.05) is 37.5 Å². The fourth-order valence-corrected chi connectivity index (χ4v) is 6.24. The smallest absolute Gasteiger partial charge is 0.416 e. The van der Waals surface area contributed by atoms with E-state index in [1.54, 1.807) is 0 Å². The Hall–Kier alpha value is -4.46. The van der Waals surface area contributed by atoms with Crippen LogP contribution in [0.15, 0.2) is 84.4 Å². The molecule has 1 aliphatic carbocycles. The van der Waals surface area contributed by atoms with Crippen LogP contribution in [0.3, 0.4) is 0 Å². The lowest BCUT2D eigenvalue weighted by molar-refractivity contribution is 0.170. The van der Waals surface area contributed by atoms with Gasteiger partial charge in [-0.25, -0.2) is 19.4 Å². The summed E-state index contributed by atoms with van der Waals surface area (Å²) in [6.45, 7) is 8.76. The number of carbonyl (C=O) groups is 2. The van der Waals surface area contributed by atoms with Crippen LogP contribution in [-0.4, -0.2) is 39.9 Å². The zero-order valence-electron chi connectivity index (χ0n) is 29.5. The Morgan fingerprint density at radius 2 is 1.31 bits per heavy atom. The number of hydrogen-bond donors (Lipinski definition) is 0. The van der Waals surface area contributed by atoms with Crippen molar-refractivity contribution in [2.45, 2.75) is 90.4 Å². The number of anilines is 2. The van der Waals surface area contributed by atoms with Crippen LogP contribution >= 0.6 is 0 Å². The average Bonchev–Trinajstić information content (AvgIpc) is 3.10. The van der Waals surface area contributed by atoms with Crippen molar-refractivity contribution in [1.29, 1.82) is 0 Å². The standard InChI is InChI=1S/C40H52N2O6/c1-7-8-9-16-24-40(3,4)32-26-35(47-28-41(38(43)45-5)33-20-12-10-13-21-33)37(31-19-17-18-30(2)25-31)36(27-32)48-29-42(39(44)46-6)34-22-14-11-15-23-34/h10-15,20-23,25-27,31H,7-9,16-19,24,28-29H2,1-6H3. The maximum atomic E-state index is 13.0. The first kappa shape index (κ1) is 36.4. The van der Waals surface area contributed by atoms with Crippen LogP contribution in [0.2, 0.25) is 0 Å². The topological polar surface area (TPSA) is 77.5 Å². The van der Waals surface area contributed by atoms with Crippen molar-refractivity contribution in [3.05, 3.63) is 95.6 Å². The highest BCUT2D eigenvalue weighted by molar-refractivity contribution is 5.87. The van der Waals surface area contributed by atoms with E-state index >= 15 is 0 Å². The SMILES string of the molecule is CCCCCCC(C)(C)c1cc(OCN(C(=O)OC)c2ccccc2)c(C2C=C(C)CCC2)c(OCN(C(=O)OC)c2ccccc2)c1. The van der Waals surface area contributed by atoms with E-state index in [0.29, 0.717) is 22.9 Å². The van der Waals surface area contributed by atoms with E-state index in [4.69, 9.17) is 18.9 Å². The molecule has 4 rings (SSSR count). The number of para-hydroxylation sites is 2. The van der Waals surface area contributed by atoms with Crippen LogP contribution in [-0.2, 0) is 14.9 Å². The molecule has 0 aromatic heterocycles. The van der Waals surface area contributed by atoms with Crippen LogP contribution in [0.4, 0.5) is 21.0 Å². The highest BCUT2D eigenvalue weighted by Crippen LogP contribution is 2.45. The minimum atomic E-state index is -0.517. The van der Waals surface area contributed by atoms with E-state index in [2.05, 4.69) is 45.9 Å². The predicted molar refractivity (Wildman–Crippen MR) is 192 cm³/mol. The fourth-order valence-electron chi connectivity index (χ4n) is 6.24. The molecular formula is C40H52N2O6. The molecule has 3 aromatic carbocycles. The van der Waals surface area contributed by atoms with E-state index in [1.165, 1.54) is 48.9 Å². The van der Waals surface area contributed by atoms with Crippen molar-refractivity contribution in [1.82, 2.24) is 0 Å². The zero-order chi connectivity index (χ0) is 34.5. The first-order chi connectivity index (χ1) is 23.2. The number of methoxy groups -OCH3 is 2. The highest BCUT2D eigenvalue weighted by atomic mass is 16.6. The summed E-state index contributed by atoms with van der Waals surface area (Å²) >= 11 is 0. The molecule has 8 nitrogen and oxygen atoms in total. The molecule has 1 aliphatic rings. The molecule has 3 aromatic rings. The Morgan fingerprint density at radius 1 is 0.792 bits per heavy atom. The van der Waals surface area contributed by atoms with Gasteiger partial charge in [-0.1, -0.05) is 94.5 Å². The van der Waals surface area contributed by atoms with Crippen LogP contribution in [0.5, 0.6) is 11.5 Å². The molecule has 0 spiro atoms. The van der Waals surface area contributed by atoms with Gasteiger partial charge in [-0.2, -0.15) is 0 Å². The summed E-state index contributed by atoms with van der Waals surface area (Å²) in [6.07, 6.45) is 9.90. The number of nitrogens with zero attached hydrogens (tertiary/aromatic N) is 2. The molecule has 2 amide bonds. The molecule has 48 heavy (non-hydrogen) atoms. The van der Waals surface area contributed by atoms with Crippen LogP contribution in [0.1, 0.15) is 96.1 Å². The van der Waals surface area contributed by atoms with Gasteiger partial charge in [0.2, 0.25) is 0 Å². The van der Waals surface area contributed by atoms with Gasteiger partial charge in [-0.15, -0.1) is 0 Å². The van der Waals surface area contributed by atoms with Gasteiger partial charge in [0.15, 0.2) is 13.5 Å². The molecule has 0 saturated heterocycles. The van der Waals surface area contributed by atoms with Gasteiger partial charge < -0.3 is 18.9 Å². The average molecular weight is 657 g/mol. The predicted octanol–water partition coefficient (Wildman–Crippen LogP) is 10.4. The molecule has 0 heterocycles. The number of amides is 2. The summed E-state index contributed by atoms with van der Waals surface area (Å²) in [5, 5.41) is 0. The van der Waals surface area contributed by atoms with Gasteiger partial charge in [0.25, 0.3) is 0 Å². The molecule has 1 unspecified atom stereocenters. The Morgan fingerprint density at radius 3 is 1.77 bits per heavy atom. The summed E-state index contributed by atoms with van der Waals surface area (Å²) in [5.41, 5.74) is 4.42. The van der Waals surface area contributed by atoms with Crippen molar-refractivity contribution in [3.8, 4) is 11.5 Å². The lowest BCUT2D eigenvalue weighted by atomic mass is 9.77. The van der Waals surface area contributed by atoms with Gasteiger partial charge in [-0.05, 0) is 80.0 Å². The van der Waals surface area contributed by atoms with Crippen LogP contribution < -0.4 is 19.3 Å². The van der Waals surface area contributed by atoms with Crippen molar-refractivity contribution in [3.63, 3.8) is 0 Å². The third-order valence-electron chi connectivity index (χ3n) is 9.11. The van der Waals surface area contributed by atoms with Crippen LogP contribution in [0.25, 0.3) is 0 Å². The quantitative estimate of drug-likeness (QED) is 0.0920. The molecule has 0 saturated carbocycles. The number of unbranched alkanes of at least 4 members (excludes halogenated alkanes) is 3. The van der Waals surface area contributed by atoms with E-state index < -0.39 is 12.2 Å². The van der Waals surface area contributed by atoms with E-state index in [9.17, 15) is 9.59 Å². The first-order valence-corrected chi connectivity index (χ1v) is 17.1. The minimum absolute atomic E-state index is 0.0251. The molecule has 0 aliphatic heterocycles. The van der Waals surface area contributed by atoms with Gasteiger partial charge in [0.1, 0.15) is 11.5 Å². The van der Waals surface area contributed by atoms with Crippen LogP contribution in [0, 0.1) is 0 Å². The Labute approximate surface area is 286 Å². The Kier molecular flexibility index (Phi) is 13.4. The first-order valence-electron chi connectivity index (χ1n) is 17.1. The van der Waals surface area contributed by atoms with Gasteiger partial charge in [-0.3, -0.25) is 0 Å². The Balaban J connectivity index is 1.81. The van der Waals surface area contributed by atoms with Gasteiger partial charge >= 0.3 is 12.2 Å². The van der Waals surface area contributed by atoms with Gasteiger partial charge in [0.05, 0.1) is 25.6 Å². The number of ether oxygens (including phenoxy) is 4. The number of allylic oxidation sites excluding steroid dienone is 2. The second-order valence-corrected chi connectivity index (χ2v) is 13.1. The van der Waals surface area contributed by atoms with E-state index in [-0.39, 0.29) is 24.8 Å². The minimum Gasteiger partial charge on any atom is -0.472 e. The zero-order valence-corrected chi connectivity index (χ0v) is 29.5. The van der Waals surface area contributed by atoms with Gasteiger partial charge in [0, 0.05) is 11.5 Å². The highest BCUT2D eigenvalue weighted by Gasteiger charge is 2.30. The third-order valence-corrected chi connectivity index (χ3v) is 9.11. The maximum absolute atomic E-state index is 13.0. The summed E-state index contributed by atoms with van der Waals surface area (Å²) in [4.78, 5) is 28.9. The second-order valence-electron chi connectivity index (χ2n) is 13.1. The molecule has 0 bridgehead atoms. The summed E-state index contributed by atoms with van der Waals surface area (Å²) in [5.74, 6) is 1.32. The Bertz CT molecular complexity index is 1420. The number of carbonyl (C=O) groups excluding carboxylic acids is 2.